The van der Waals surface area contributed by atoms with Crippen LogP contribution >= 0.6 is 12.6 Å². The highest BCUT2D eigenvalue weighted by Crippen LogP contribution is 2.43. The molecule has 0 amide bonds. The Morgan fingerprint density at radius 3 is 1.53 bits per heavy atom. The second-order valence-electron chi connectivity index (χ2n) is 13.2. The van der Waals surface area contributed by atoms with Crippen LogP contribution < -0.4 is 0 Å². The minimum atomic E-state index is -1.42. The summed E-state index contributed by atoms with van der Waals surface area (Å²) in [5, 5.41) is 0.611. The highest BCUT2D eigenvalue weighted by molar-refractivity contribution is 7.80. The summed E-state index contributed by atoms with van der Waals surface area (Å²) in [5.74, 6) is -1.66. The zero-order chi connectivity index (χ0) is 30.5. The van der Waals surface area contributed by atoms with E-state index < -0.39 is 29.1 Å². The maximum absolute atomic E-state index is 13.4. The summed E-state index contributed by atoms with van der Waals surface area (Å²) in [5.41, 5.74) is 3.32. The van der Waals surface area contributed by atoms with Gasteiger partial charge in [0, 0.05) is 5.25 Å². The molecule has 0 unspecified atom stereocenters. The molecule has 0 radical (unpaired) electrons. The monoisotopic (exact) mass is 614 g/mol. The predicted molar refractivity (Wildman–Crippen MR) is 168 cm³/mol. The molecule has 6 heteroatoms. The van der Waals surface area contributed by atoms with E-state index >= 15 is 0 Å². The third kappa shape index (κ3) is 8.23. The molecule has 0 spiro atoms. The quantitative estimate of drug-likeness (QED) is 0.169. The first kappa shape index (κ1) is 32.1. The number of benzene rings is 3. The molecule has 3 aromatic carbocycles. The first-order chi connectivity index (χ1) is 20.7. The van der Waals surface area contributed by atoms with E-state index in [0.29, 0.717) is 28.2 Å². The van der Waals surface area contributed by atoms with E-state index in [0.717, 1.165) is 48.3 Å². The fourth-order valence-electron chi connectivity index (χ4n) is 7.53. The summed E-state index contributed by atoms with van der Waals surface area (Å²) in [6.45, 7) is 2.29. The highest BCUT2D eigenvalue weighted by atomic mass is 32.1. The standard InChI is InChI=1S/C19H19F3.C18H24F2S/c1-12-2-4-13(5-3-12)14-6-8-15(9-7-14)16-10-17(20)19(22)18(21)11-16;19-17-10-7-15(11-18(17)20)14-3-1-12(2-4-14)13-5-8-16(21)9-6-13/h6-13H,2-5H2,1H3;7,10-14,16,21H,1-6,8-9H2. The summed E-state index contributed by atoms with van der Waals surface area (Å²) in [6.07, 6.45) is 14.8. The van der Waals surface area contributed by atoms with Crippen LogP contribution in [0.4, 0.5) is 22.0 Å². The Labute approximate surface area is 258 Å². The van der Waals surface area contributed by atoms with Gasteiger partial charge in [0.1, 0.15) is 0 Å². The van der Waals surface area contributed by atoms with Crippen molar-refractivity contribution in [1.82, 2.24) is 0 Å². The molecule has 43 heavy (non-hydrogen) atoms. The molecule has 3 fully saturated rings. The summed E-state index contributed by atoms with van der Waals surface area (Å²) < 4.78 is 66.0. The van der Waals surface area contributed by atoms with Gasteiger partial charge in [-0.2, -0.15) is 12.6 Å². The first-order valence-electron chi connectivity index (χ1n) is 16.1. The zero-order valence-corrected chi connectivity index (χ0v) is 25.9. The maximum atomic E-state index is 13.4. The molecule has 232 valence electrons. The Morgan fingerprint density at radius 2 is 0.977 bits per heavy atom. The molecular formula is C37H43F5S. The lowest BCUT2D eigenvalue weighted by Crippen LogP contribution is -2.25. The Morgan fingerprint density at radius 1 is 0.488 bits per heavy atom. The topological polar surface area (TPSA) is 0 Å². The van der Waals surface area contributed by atoms with Crippen molar-refractivity contribution in [3.05, 3.63) is 94.8 Å². The van der Waals surface area contributed by atoms with Crippen LogP contribution in [0.3, 0.4) is 0 Å². The van der Waals surface area contributed by atoms with Gasteiger partial charge < -0.3 is 0 Å². The van der Waals surface area contributed by atoms with E-state index in [2.05, 4.69) is 19.6 Å². The van der Waals surface area contributed by atoms with Gasteiger partial charge in [0.05, 0.1) is 0 Å². The normalized spacial score (nSPS) is 27.7. The molecule has 0 aromatic heterocycles. The van der Waals surface area contributed by atoms with Crippen LogP contribution in [0.25, 0.3) is 11.1 Å². The molecule has 0 aliphatic heterocycles. The lowest BCUT2D eigenvalue weighted by atomic mass is 9.70. The van der Waals surface area contributed by atoms with Crippen molar-refractivity contribution in [1.29, 1.82) is 0 Å². The predicted octanol–water partition coefficient (Wildman–Crippen LogP) is 11.8. The van der Waals surface area contributed by atoms with Gasteiger partial charge in [-0.05, 0) is 140 Å². The average molecular weight is 615 g/mol. The zero-order valence-electron chi connectivity index (χ0n) is 25.0. The molecular weight excluding hydrogens is 571 g/mol. The van der Waals surface area contributed by atoms with Gasteiger partial charge in [-0.3, -0.25) is 0 Å². The molecule has 0 bridgehead atoms. The molecule has 3 aromatic rings. The maximum Gasteiger partial charge on any atom is 0.194 e. The van der Waals surface area contributed by atoms with Gasteiger partial charge in [0.25, 0.3) is 0 Å². The molecule has 6 rings (SSSR count). The van der Waals surface area contributed by atoms with Gasteiger partial charge in [-0.1, -0.05) is 50.1 Å². The number of rotatable bonds is 4. The van der Waals surface area contributed by atoms with Gasteiger partial charge in [-0.25, -0.2) is 22.0 Å². The lowest BCUT2D eigenvalue weighted by Gasteiger charge is -2.37. The van der Waals surface area contributed by atoms with Crippen molar-refractivity contribution in [2.75, 3.05) is 0 Å². The number of halogens is 5. The van der Waals surface area contributed by atoms with Crippen LogP contribution in [-0.2, 0) is 0 Å². The minimum Gasteiger partial charge on any atom is -0.204 e. The number of hydrogen-bond acceptors (Lipinski definition) is 1. The summed E-state index contributed by atoms with van der Waals surface area (Å²) >= 11 is 4.58. The van der Waals surface area contributed by atoms with Crippen LogP contribution in [0, 0.1) is 46.8 Å². The summed E-state index contributed by atoms with van der Waals surface area (Å²) in [4.78, 5) is 0. The van der Waals surface area contributed by atoms with Crippen molar-refractivity contribution in [2.24, 2.45) is 17.8 Å². The molecule has 0 nitrogen and oxygen atoms in total. The molecule has 3 saturated carbocycles. The third-order valence-corrected chi connectivity index (χ3v) is 10.8. The van der Waals surface area contributed by atoms with E-state index in [4.69, 9.17) is 0 Å². The minimum absolute atomic E-state index is 0.361. The van der Waals surface area contributed by atoms with Crippen molar-refractivity contribution in [3.63, 3.8) is 0 Å². The van der Waals surface area contributed by atoms with Gasteiger partial charge >= 0.3 is 0 Å². The fraction of sp³-hybridized carbons (Fsp3) is 0.514. The smallest absolute Gasteiger partial charge is 0.194 e. The molecule has 0 saturated heterocycles. The van der Waals surface area contributed by atoms with Crippen molar-refractivity contribution >= 4 is 12.6 Å². The Balaban J connectivity index is 0.000000171. The van der Waals surface area contributed by atoms with E-state index in [1.54, 1.807) is 6.07 Å². The van der Waals surface area contributed by atoms with Gasteiger partial charge in [-0.15, -0.1) is 0 Å². The van der Waals surface area contributed by atoms with Crippen LogP contribution in [0.5, 0.6) is 0 Å². The van der Waals surface area contributed by atoms with E-state index in [9.17, 15) is 22.0 Å². The molecule has 0 atom stereocenters. The Bertz CT molecular complexity index is 1310. The Hall–Kier alpha value is -2.34. The fourth-order valence-corrected chi connectivity index (χ4v) is 7.82. The highest BCUT2D eigenvalue weighted by Gasteiger charge is 2.30. The second-order valence-corrected chi connectivity index (χ2v) is 13.9. The van der Waals surface area contributed by atoms with Crippen molar-refractivity contribution < 1.29 is 22.0 Å². The molecule has 3 aliphatic rings. The van der Waals surface area contributed by atoms with E-state index in [-0.39, 0.29) is 0 Å². The van der Waals surface area contributed by atoms with Crippen LogP contribution in [0.15, 0.2) is 54.6 Å². The van der Waals surface area contributed by atoms with Crippen molar-refractivity contribution in [3.8, 4) is 11.1 Å². The molecule has 0 N–H and O–H groups in total. The summed E-state index contributed by atoms with van der Waals surface area (Å²) in [6, 6.07) is 14.3. The van der Waals surface area contributed by atoms with Crippen LogP contribution in [0.2, 0.25) is 0 Å². The van der Waals surface area contributed by atoms with E-state index in [1.165, 1.54) is 81.9 Å². The number of hydrogen-bond donors (Lipinski definition) is 1. The summed E-state index contributed by atoms with van der Waals surface area (Å²) in [7, 11) is 0. The SMILES string of the molecule is CC1CCC(c2ccc(-c3cc(F)c(F)c(F)c3)cc2)CC1.Fc1ccc(C2CCC(C3CCC(S)CC3)CC2)cc1F. The van der Waals surface area contributed by atoms with Gasteiger partial charge in [0.2, 0.25) is 0 Å². The first-order valence-corrected chi connectivity index (χ1v) is 16.6. The van der Waals surface area contributed by atoms with E-state index in [1.807, 2.05) is 24.3 Å². The van der Waals surface area contributed by atoms with Gasteiger partial charge in [0.15, 0.2) is 29.1 Å². The number of thiol groups is 1. The van der Waals surface area contributed by atoms with Crippen LogP contribution in [0.1, 0.15) is 107 Å². The third-order valence-electron chi connectivity index (χ3n) is 10.3. The average Bonchev–Trinajstić information content (AvgIpc) is 3.02. The Kier molecular flexibility index (Phi) is 10.9. The van der Waals surface area contributed by atoms with Crippen LogP contribution in [-0.4, -0.2) is 5.25 Å². The largest absolute Gasteiger partial charge is 0.204 e. The lowest BCUT2D eigenvalue weighted by molar-refractivity contribution is 0.188. The molecule has 0 heterocycles. The second kappa shape index (κ2) is 14.6. The molecule has 3 aliphatic carbocycles. The van der Waals surface area contributed by atoms with Crippen molar-refractivity contribution in [2.45, 2.75) is 101 Å².